The molecule has 2 aliphatic heterocycles. The number of nitrogens with zero attached hydrogens (tertiary/aromatic N) is 4. The summed E-state index contributed by atoms with van der Waals surface area (Å²) in [5.74, 6) is -0.505. The first-order valence-corrected chi connectivity index (χ1v) is 17.2. The molecular formula is C38H51F7N4O2. The molecule has 51 heavy (non-hydrogen) atoms. The summed E-state index contributed by atoms with van der Waals surface area (Å²) >= 11 is 0. The molecule has 0 N–H and O–H groups in total. The minimum Gasteiger partial charge on any atom is -0.329 e. The van der Waals surface area contributed by atoms with Crippen molar-refractivity contribution < 1.29 is 40.3 Å². The van der Waals surface area contributed by atoms with Gasteiger partial charge in [-0.3, -0.25) is 9.69 Å². The second-order valence-electron chi connectivity index (χ2n) is 16.3. The monoisotopic (exact) mass is 728 g/mol. The van der Waals surface area contributed by atoms with E-state index in [1.165, 1.54) is 26.1 Å². The van der Waals surface area contributed by atoms with Gasteiger partial charge in [-0.05, 0) is 129 Å². The highest BCUT2D eigenvalue weighted by Crippen LogP contribution is 2.54. The van der Waals surface area contributed by atoms with Crippen molar-refractivity contribution >= 4 is 11.9 Å². The Morgan fingerprint density at radius 3 is 1.75 bits per heavy atom. The average molecular weight is 729 g/mol. The van der Waals surface area contributed by atoms with E-state index in [0.717, 1.165) is 4.90 Å². The van der Waals surface area contributed by atoms with Crippen LogP contribution >= 0.6 is 0 Å². The Hall–Kier alpha value is -3.35. The summed E-state index contributed by atoms with van der Waals surface area (Å²) in [5.41, 5.74) is -4.38. The van der Waals surface area contributed by atoms with Crippen LogP contribution < -0.4 is 0 Å². The number of likely N-dealkylation sites (tertiary alicyclic amines) is 1. The highest BCUT2D eigenvalue weighted by molar-refractivity contribution is 5.76. The summed E-state index contributed by atoms with van der Waals surface area (Å²) < 4.78 is 96.6. The highest BCUT2D eigenvalue weighted by atomic mass is 19.4. The number of carbonyl (C=O) groups excluding carboxylic acids is 2. The minimum absolute atomic E-state index is 0.0497. The van der Waals surface area contributed by atoms with Crippen molar-refractivity contribution in [3.63, 3.8) is 0 Å². The Morgan fingerprint density at radius 2 is 1.31 bits per heavy atom. The van der Waals surface area contributed by atoms with Crippen LogP contribution in [0, 0.1) is 12.7 Å². The number of alkyl halides is 6. The molecule has 4 rings (SSSR count). The molecule has 0 aromatic heterocycles. The zero-order valence-electron chi connectivity index (χ0n) is 31.6. The molecule has 2 fully saturated rings. The molecule has 6 nitrogen and oxygen atoms in total. The molecule has 3 unspecified atom stereocenters. The van der Waals surface area contributed by atoms with E-state index in [1.807, 2.05) is 32.6 Å². The van der Waals surface area contributed by atoms with Gasteiger partial charge in [-0.2, -0.15) is 26.3 Å². The summed E-state index contributed by atoms with van der Waals surface area (Å²) in [7, 11) is 1.36. The van der Waals surface area contributed by atoms with Gasteiger partial charge in [0.05, 0.1) is 34.3 Å². The molecule has 2 aromatic carbocycles. The lowest BCUT2D eigenvalue weighted by atomic mass is 9.63. The second kappa shape index (κ2) is 12.9. The lowest BCUT2D eigenvalue weighted by molar-refractivity contribution is -0.227. The van der Waals surface area contributed by atoms with E-state index in [4.69, 9.17) is 0 Å². The van der Waals surface area contributed by atoms with E-state index in [1.54, 1.807) is 24.8 Å². The number of hydrogen-bond acceptors (Lipinski definition) is 3. The van der Waals surface area contributed by atoms with E-state index >= 15 is 0 Å². The van der Waals surface area contributed by atoms with Gasteiger partial charge in [-0.15, -0.1) is 0 Å². The Morgan fingerprint density at radius 1 is 0.824 bits per heavy atom. The molecule has 3 amide bonds. The van der Waals surface area contributed by atoms with Gasteiger partial charge in [0.1, 0.15) is 5.82 Å². The Balaban J connectivity index is 1.78. The van der Waals surface area contributed by atoms with Crippen molar-refractivity contribution in [1.82, 2.24) is 19.6 Å². The molecule has 0 spiro atoms. The maximum Gasteiger partial charge on any atom is 0.416 e. The molecule has 0 aliphatic carbocycles. The van der Waals surface area contributed by atoms with Gasteiger partial charge in [0.25, 0.3) is 0 Å². The van der Waals surface area contributed by atoms with Gasteiger partial charge in [0.15, 0.2) is 0 Å². The standard InChI is InChI=1S/C38H51F7N4O2/c1-22-17-28(39)13-14-30(22)31-21-29(49-35(8,9)33(4,5)48(24(3)50)34(6,7)36(49,10)11)15-16-47(31)32(51)46(12)23(2)25-18-26(37(40,41)42)20-27(19-25)38(43,44)45/h13-14,17-20,23,29,31H,15-16,21H2,1-12H3. The van der Waals surface area contributed by atoms with Gasteiger partial charge in [-0.1, -0.05) is 6.07 Å². The zero-order chi connectivity index (χ0) is 39.0. The van der Waals surface area contributed by atoms with E-state index in [2.05, 4.69) is 32.6 Å². The molecule has 284 valence electrons. The lowest BCUT2D eigenvalue weighted by Crippen LogP contribution is -2.86. The van der Waals surface area contributed by atoms with Crippen LogP contribution in [0.4, 0.5) is 35.5 Å². The maximum atomic E-state index is 14.4. The Kier molecular flexibility index (Phi) is 10.3. The molecule has 0 saturated carbocycles. The van der Waals surface area contributed by atoms with Crippen molar-refractivity contribution in [1.29, 1.82) is 0 Å². The van der Waals surface area contributed by atoms with Crippen LogP contribution in [0.25, 0.3) is 0 Å². The van der Waals surface area contributed by atoms with Crippen LogP contribution in [0.2, 0.25) is 0 Å². The number of aryl methyl sites for hydroxylation is 1. The van der Waals surface area contributed by atoms with Gasteiger partial charge in [0.2, 0.25) is 5.91 Å². The molecule has 13 heteroatoms. The average Bonchev–Trinajstić information content (AvgIpc) is 2.97. The van der Waals surface area contributed by atoms with Crippen LogP contribution in [-0.2, 0) is 17.1 Å². The number of urea groups is 1. The van der Waals surface area contributed by atoms with Crippen molar-refractivity contribution in [3.8, 4) is 0 Å². The molecule has 2 aromatic rings. The second-order valence-corrected chi connectivity index (χ2v) is 16.3. The van der Waals surface area contributed by atoms with Crippen molar-refractivity contribution in [2.45, 2.75) is 142 Å². The van der Waals surface area contributed by atoms with Gasteiger partial charge < -0.3 is 14.7 Å². The molecule has 2 saturated heterocycles. The van der Waals surface area contributed by atoms with E-state index in [0.29, 0.717) is 36.1 Å². The predicted octanol–water partition coefficient (Wildman–Crippen LogP) is 9.77. The summed E-state index contributed by atoms with van der Waals surface area (Å²) in [4.78, 5) is 34.7. The fraction of sp³-hybridized carbons (Fsp3) is 0.632. The van der Waals surface area contributed by atoms with Crippen LogP contribution in [0.3, 0.4) is 0 Å². The number of hydrogen-bond donors (Lipinski definition) is 0. The Labute approximate surface area is 296 Å². The minimum atomic E-state index is -5.04. The van der Waals surface area contributed by atoms with Crippen molar-refractivity contribution in [2.24, 2.45) is 0 Å². The number of carbonyl (C=O) groups is 2. The third-order valence-electron chi connectivity index (χ3n) is 12.4. The largest absolute Gasteiger partial charge is 0.416 e. The highest BCUT2D eigenvalue weighted by Gasteiger charge is 2.65. The molecule has 3 atom stereocenters. The summed E-state index contributed by atoms with van der Waals surface area (Å²) in [5, 5.41) is 0. The number of piperazine rings is 1. The molecular weight excluding hydrogens is 677 g/mol. The fourth-order valence-corrected chi connectivity index (χ4v) is 8.76. The topological polar surface area (TPSA) is 47.1 Å². The first-order valence-electron chi connectivity index (χ1n) is 17.2. The summed E-state index contributed by atoms with van der Waals surface area (Å²) in [6, 6.07) is 3.19. The smallest absolute Gasteiger partial charge is 0.329 e. The maximum absolute atomic E-state index is 14.4. The van der Waals surface area contributed by atoms with Gasteiger partial charge in [0, 0.05) is 37.6 Å². The molecule has 0 bridgehead atoms. The zero-order valence-corrected chi connectivity index (χ0v) is 31.6. The normalized spacial score (nSPS) is 23.9. The summed E-state index contributed by atoms with van der Waals surface area (Å²) in [6.07, 6.45) is -9.18. The summed E-state index contributed by atoms with van der Waals surface area (Å²) in [6.45, 7) is 21.5. The van der Waals surface area contributed by atoms with Crippen molar-refractivity contribution in [3.05, 3.63) is 70.0 Å². The van der Waals surface area contributed by atoms with Gasteiger partial charge >= 0.3 is 18.4 Å². The van der Waals surface area contributed by atoms with Crippen LogP contribution in [0.15, 0.2) is 36.4 Å². The van der Waals surface area contributed by atoms with Crippen molar-refractivity contribution in [2.75, 3.05) is 13.6 Å². The van der Waals surface area contributed by atoms with E-state index in [9.17, 15) is 40.3 Å². The van der Waals surface area contributed by atoms with Gasteiger partial charge in [-0.25, -0.2) is 9.18 Å². The molecule has 2 aliphatic rings. The fourth-order valence-electron chi connectivity index (χ4n) is 8.76. The van der Waals surface area contributed by atoms with E-state index < -0.39 is 69.6 Å². The van der Waals surface area contributed by atoms with Crippen LogP contribution in [0.1, 0.15) is 122 Å². The first-order chi connectivity index (χ1) is 23.0. The molecule has 0 radical (unpaired) electrons. The van der Waals surface area contributed by atoms with E-state index in [-0.39, 0.29) is 30.1 Å². The number of halogens is 7. The van der Waals surface area contributed by atoms with Crippen LogP contribution in [0.5, 0.6) is 0 Å². The SMILES string of the molecule is CC(=O)N1C(C)(C)C(C)(C)N(C2CCN(C(=O)N(C)C(C)c3cc(C(F)(F)F)cc(C(F)(F)F)c3)C(c3ccc(F)cc3C)C2)C(C)(C)C1(C)C. The third-order valence-corrected chi connectivity index (χ3v) is 12.4. The quantitative estimate of drug-likeness (QED) is 0.295. The number of benzene rings is 2. The first kappa shape index (κ1) is 40.4. The Bertz CT molecular complexity index is 1600. The lowest BCUT2D eigenvalue weighted by Gasteiger charge is -2.73. The number of piperidine rings is 1. The predicted molar refractivity (Wildman–Crippen MR) is 182 cm³/mol. The number of rotatable bonds is 4. The number of amides is 3. The molecule has 2 heterocycles. The third kappa shape index (κ3) is 6.83. The van der Waals surface area contributed by atoms with Crippen LogP contribution in [-0.4, -0.2) is 73.3 Å².